The Morgan fingerprint density at radius 1 is 1.12 bits per heavy atom. The quantitative estimate of drug-likeness (QED) is 0.482. The second kappa shape index (κ2) is 8.57. The lowest BCUT2D eigenvalue weighted by molar-refractivity contribution is 0.304. The standard InChI is InChI=1S/C15H23BrO/c1-13(2)12-14(16)8-6-7-11-17-15-9-4-3-5-10-15/h3-5,9-10,13-14H,6-8,11-12H2,1-2H3. The summed E-state index contributed by atoms with van der Waals surface area (Å²) in [6.07, 6.45) is 4.88. The predicted molar refractivity (Wildman–Crippen MR) is 78.0 cm³/mol. The molecule has 0 saturated heterocycles. The molecule has 2 heteroatoms. The minimum Gasteiger partial charge on any atom is -0.494 e. The number of ether oxygens (including phenoxy) is 1. The maximum absolute atomic E-state index is 5.65. The minimum atomic E-state index is 0.666. The summed E-state index contributed by atoms with van der Waals surface area (Å²) in [5.74, 6) is 1.75. The third-order valence-electron chi connectivity index (χ3n) is 2.65. The molecule has 1 rings (SSSR count). The van der Waals surface area contributed by atoms with Gasteiger partial charge in [0.25, 0.3) is 0 Å². The van der Waals surface area contributed by atoms with Gasteiger partial charge in [-0.1, -0.05) is 48.0 Å². The Kier molecular flexibility index (Phi) is 7.34. The second-order valence-electron chi connectivity index (χ2n) is 4.88. The number of unbranched alkanes of at least 4 members (excludes halogenated alkanes) is 1. The third-order valence-corrected chi connectivity index (χ3v) is 3.48. The molecule has 1 aromatic rings. The lowest BCUT2D eigenvalue weighted by Crippen LogP contribution is -2.04. The van der Waals surface area contributed by atoms with E-state index in [0.717, 1.165) is 24.7 Å². The Bertz CT molecular complexity index is 284. The van der Waals surface area contributed by atoms with E-state index >= 15 is 0 Å². The molecule has 1 aromatic carbocycles. The fraction of sp³-hybridized carbons (Fsp3) is 0.600. The molecule has 1 nitrogen and oxygen atoms in total. The molecule has 0 heterocycles. The van der Waals surface area contributed by atoms with Crippen LogP contribution in [0.4, 0.5) is 0 Å². The van der Waals surface area contributed by atoms with Crippen LogP contribution in [0, 0.1) is 5.92 Å². The van der Waals surface area contributed by atoms with Crippen molar-refractivity contribution in [2.75, 3.05) is 6.61 Å². The van der Waals surface area contributed by atoms with Gasteiger partial charge in [0, 0.05) is 4.83 Å². The maximum atomic E-state index is 5.65. The van der Waals surface area contributed by atoms with Crippen LogP contribution >= 0.6 is 15.9 Å². The first-order chi connectivity index (χ1) is 8.18. The Morgan fingerprint density at radius 3 is 2.47 bits per heavy atom. The first-order valence-electron chi connectivity index (χ1n) is 6.50. The normalized spacial score (nSPS) is 12.7. The molecule has 0 fully saturated rings. The van der Waals surface area contributed by atoms with Crippen molar-refractivity contribution in [3.8, 4) is 5.75 Å². The zero-order chi connectivity index (χ0) is 12.5. The van der Waals surface area contributed by atoms with Gasteiger partial charge in [-0.05, 0) is 43.7 Å². The topological polar surface area (TPSA) is 9.23 Å². The zero-order valence-corrected chi connectivity index (χ0v) is 12.4. The zero-order valence-electron chi connectivity index (χ0n) is 10.9. The van der Waals surface area contributed by atoms with E-state index in [1.165, 1.54) is 19.3 Å². The number of hydrogen-bond acceptors (Lipinski definition) is 1. The second-order valence-corrected chi connectivity index (χ2v) is 6.18. The SMILES string of the molecule is CC(C)CC(Br)CCCCOc1ccccc1. The summed E-state index contributed by atoms with van der Waals surface area (Å²) in [4.78, 5) is 0.666. The van der Waals surface area contributed by atoms with Crippen LogP contribution in [0.2, 0.25) is 0 Å². The summed E-state index contributed by atoms with van der Waals surface area (Å²) in [5.41, 5.74) is 0. The van der Waals surface area contributed by atoms with Crippen molar-refractivity contribution < 1.29 is 4.74 Å². The van der Waals surface area contributed by atoms with Crippen LogP contribution < -0.4 is 4.74 Å². The lowest BCUT2D eigenvalue weighted by atomic mass is 10.0. The fourth-order valence-corrected chi connectivity index (χ4v) is 2.88. The van der Waals surface area contributed by atoms with E-state index in [2.05, 4.69) is 29.8 Å². The summed E-state index contributed by atoms with van der Waals surface area (Å²) in [6, 6.07) is 10.0. The van der Waals surface area contributed by atoms with Gasteiger partial charge in [0.05, 0.1) is 6.61 Å². The summed E-state index contributed by atoms with van der Waals surface area (Å²) in [5, 5.41) is 0. The van der Waals surface area contributed by atoms with Crippen molar-refractivity contribution >= 4 is 15.9 Å². The lowest BCUT2D eigenvalue weighted by Gasteiger charge is -2.12. The molecular weight excluding hydrogens is 276 g/mol. The van der Waals surface area contributed by atoms with E-state index in [1.807, 2.05) is 30.3 Å². The molecule has 0 amide bonds. The molecule has 0 aliphatic rings. The Morgan fingerprint density at radius 2 is 1.82 bits per heavy atom. The van der Waals surface area contributed by atoms with E-state index < -0.39 is 0 Å². The van der Waals surface area contributed by atoms with E-state index in [9.17, 15) is 0 Å². The first-order valence-corrected chi connectivity index (χ1v) is 7.42. The highest BCUT2D eigenvalue weighted by Crippen LogP contribution is 2.18. The molecule has 1 atom stereocenters. The minimum absolute atomic E-state index is 0.666. The number of alkyl halides is 1. The van der Waals surface area contributed by atoms with Gasteiger partial charge in [0.2, 0.25) is 0 Å². The van der Waals surface area contributed by atoms with E-state index in [4.69, 9.17) is 4.74 Å². The largest absolute Gasteiger partial charge is 0.494 e. The summed E-state index contributed by atoms with van der Waals surface area (Å²) in [6.45, 7) is 5.37. The van der Waals surface area contributed by atoms with Gasteiger partial charge < -0.3 is 4.74 Å². The third kappa shape index (κ3) is 7.43. The number of benzene rings is 1. The van der Waals surface area contributed by atoms with E-state index in [0.29, 0.717) is 4.83 Å². The number of hydrogen-bond donors (Lipinski definition) is 0. The van der Waals surface area contributed by atoms with Gasteiger partial charge in [-0.15, -0.1) is 0 Å². The van der Waals surface area contributed by atoms with Crippen LogP contribution in [0.25, 0.3) is 0 Å². The number of halogens is 1. The Labute approximate surface area is 114 Å². The average molecular weight is 299 g/mol. The van der Waals surface area contributed by atoms with Crippen LogP contribution in [-0.4, -0.2) is 11.4 Å². The van der Waals surface area contributed by atoms with Crippen molar-refractivity contribution in [2.24, 2.45) is 5.92 Å². The average Bonchev–Trinajstić information content (AvgIpc) is 2.29. The molecule has 0 bridgehead atoms. The molecule has 0 saturated carbocycles. The predicted octanol–water partition coefficient (Wildman–Crippen LogP) is 5.05. The molecule has 0 N–H and O–H groups in total. The molecule has 17 heavy (non-hydrogen) atoms. The number of rotatable bonds is 8. The van der Waals surface area contributed by atoms with Gasteiger partial charge in [0.1, 0.15) is 5.75 Å². The van der Waals surface area contributed by atoms with Crippen molar-refractivity contribution in [1.82, 2.24) is 0 Å². The summed E-state index contributed by atoms with van der Waals surface area (Å²) < 4.78 is 5.65. The smallest absolute Gasteiger partial charge is 0.119 e. The van der Waals surface area contributed by atoms with E-state index in [-0.39, 0.29) is 0 Å². The van der Waals surface area contributed by atoms with Crippen molar-refractivity contribution in [2.45, 2.75) is 44.4 Å². The van der Waals surface area contributed by atoms with Crippen molar-refractivity contribution in [1.29, 1.82) is 0 Å². The highest BCUT2D eigenvalue weighted by Gasteiger charge is 2.06. The van der Waals surface area contributed by atoms with Crippen LogP contribution in [-0.2, 0) is 0 Å². The first kappa shape index (κ1) is 14.6. The number of para-hydroxylation sites is 1. The van der Waals surface area contributed by atoms with Crippen LogP contribution in [0.3, 0.4) is 0 Å². The molecule has 96 valence electrons. The molecule has 0 radical (unpaired) electrons. The van der Waals surface area contributed by atoms with Crippen molar-refractivity contribution in [3.63, 3.8) is 0 Å². The highest BCUT2D eigenvalue weighted by molar-refractivity contribution is 9.09. The van der Waals surface area contributed by atoms with Crippen LogP contribution in [0.15, 0.2) is 30.3 Å². The van der Waals surface area contributed by atoms with Gasteiger partial charge >= 0.3 is 0 Å². The molecule has 1 unspecified atom stereocenters. The van der Waals surface area contributed by atoms with Gasteiger partial charge in [-0.3, -0.25) is 0 Å². The fourth-order valence-electron chi connectivity index (χ4n) is 1.80. The molecular formula is C15H23BrO. The molecule has 0 spiro atoms. The van der Waals surface area contributed by atoms with Gasteiger partial charge in [-0.2, -0.15) is 0 Å². The highest BCUT2D eigenvalue weighted by atomic mass is 79.9. The van der Waals surface area contributed by atoms with E-state index in [1.54, 1.807) is 0 Å². The van der Waals surface area contributed by atoms with Gasteiger partial charge in [-0.25, -0.2) is 0 Å². The summed E-state index contributed by atoms with van der Waals surface area (Å²) in [7, 11) is 0. The van der Waals surface area contributed by atoms with Gasteiger partial charge in [0.15, 0.2) is 0 Å². The van der Waals surface area contributed by atoms with Crippen molar-refractivity contribution in [3.05, 3.63) is 30.3 Å². The van der Waals surface area contributed by atoms with Crippen LogP contribution in [0.1, 0.15) is 39.5 Å². The Hall–Kier alpha value is -0.500. The molecule has 0 aliphatic heterocycles. The molecule has 0 aromatic heterocycles. The Balaban J connectivity index is 2.01. The monoisotopic (exact) mass is 298 g/mol. The van der Waals surface area contributed by atoms with Crippen LogP contribution in [0.5, 0.6) is 5.75 Å². The molecule has 0 aliphatic carbocycles. The summed E-state index contributed by atoms with van der Waals surface area (Å²) >= 11 is 3.73. The maximum Gasteiger partial charge on any atom is 0.119 e.